The fourth-order valence-electron chi connectivity index (χ4n) is 3.07. The predicted molar refractivity (Wildman–Crippen MR) is 114 cm³/mol. The minimum Gasteiger partial charge on any atom is -0.487 e. The molecule has 4 rings (SSSR count). The lowest BCUT2D eigenvalue weighted by atomic mass is 10.2. The largest absolute Gasteiger partial charge is 0.487 e. The van der Waals surface area contributed by atoms with E-state index in [2.05, 4.69) is 21.2 Å². The van der Waals surface area contributed by atoms with Gasteiger partial charge in [0, 0.05) is 22.7 Å². The molecule has 172 valence electrons. The van der Waals surface area contributed by atoms with E-state index in [0.29, 0.717) is 33.8 Å². The molecule has 5 N–H and O–H groups in total. The van der Waals surface area contributed by atoms with Crippen LogP contribution in [-0.2, 0) is 9.47 Å². The second kappa shape index (κ2) is 9.16. The first kappa shape index (κ1) is 22.7. The molecule has 0 aliphatic carbocycles. The first-order chi connectivity index (χ1) is 15.8. The number of nitrogens with one attached hydrogen (secondary N) is 1. The van der Waals surface area contributed by atoms with Gasteiger partial charge in [-0.2, -0.15) is 0 Å². The fraction of sp³-hybridized carbons (Fsp3) is 0.273. The molecular weight excluding hydrogens is 434 g/mol. The van der Waals surface area contributed by atoms with Gasteiger partial charge in [-0.05, 0) is 24.3 Å². The van der Waals surface area contributed by atoms with Crippen LogP contribution in [0, 0.1) is 12.3 Å². The summed E-state index contributed by atoms with van der Waals surface area (Å²) in [7, 11) is 0. The Morgan fingerprint density at radius 2 is 1.55 bits per heavy atom. The Bertz CT molecular complexity index is 1190. The molecule has 0 saturated heterocycles. The van der Waals surface area contributed by atoms with Gasteiger partial charge in [-0.1, -0.05) is 12.0 Å². The topological polar surface area (TPSA) is 156 Å². The zero-order valence-corrected chi connectivity index (χ0v) is 17.3. The van der Waals surface area contributed by atoms with Crippen molar-refractivity contribution in [3.8, 4) is 23.8 Å². The Morgan fingerprint density at radius 1 is 0.879 bits per heavy atom. The maximum atomic E-state index is 9.71. The zero-order valence-electron chi connectivity index (χ0n) is 17.3. The second-order valence-corrected chi connectivity index (χ2v) is 7.00. The van der Waals surface area contributed by atoms with Crippen molar-refractivity contribution in [1.29, 1.82) is 0 Å². The van der Waals surface area contributed by atoms with E-state index in [4.69, 9.17) is 25.4 Å². The molecule has 0 fully saturated rings. The van der Waals surface area contributed by atoms with Gasteiger partial charge < -0.3 is 44.7 Å². The predicted octanol–water partition coefficient (Wildman–Crippen LogP) is 0.436. The average molecular weight is 455 g/mol. The standard InChI is InChI=1S/C22H21N3O8/c1-2-14-4-3-5-15(10-14)25-20-16-11-18-19(12-17(16)23-13-24-20)31-7-9-33-22(28,29)21(26,27)32-8-6-30-18/h1,3-5,10-13,26-29H,6-9H2,(H,23,24,25). The van der Waals surface area contributed by atoms with E-state index >= 15 is 0 Å². The highest BCUT2D eigenvalue weighted by molar-refractivity contribution is 5.93. The van der Waals surface area contributed by atoms with Crippen LogP contribution in [0.1, 0.15) is 5.56 Å². The third-order valence-electron chi connectivity index (χ3n) is 4.71. The molecule has 0 radical (unpaired) electrons. The Morgan fingerprint density at radius 3 is 2.21 bits per heavy atom. The summed E-state index contributed by atoms with van der Waals surface area (Å²) in [5, 5.41) is 42.6. The minimum absolute atomic E-state index is 0.171. The highest BCUT2D eigenvalue weighted by Crippen LogP contribution is 2.35. The molecule has 0 unspecified atom stereocenters. The number of benzene rings is 2. The van der Waals surface area contributed by atoms with Gasteiger partial charge in [-0.25, -0.2) is 9.97 Å². The number of fused-ring (bicyclic) bond motifs is 2. The van der Waals surface area contributed by atoms with Crippen LogP contribution in [0.15, 0.2) is 42.7 Å². The van der Waals surface area contributed by atoms with Crippen molar-refractivity contribution in [1.82, 2.24) is 9.97 Å². The number of rotatable bonds is 2. The SMILES string of the molecule is C#Cc1cccc(Nc2ncnc3cc4c(cc23)OCCOC(O)(O)C(O)(O)OCCO4)c1. The summed E-state index contributed by atoms with van der Waals surface area (Å²) >= 11 is 0. The van der Waals surface area contributed by atoms with Gasteiger partial charge in [0.05, 0.1) is 18.7 Å². The Balaban J connectivity index is 1.65. The molecule has 0 atom stereocenters. The molecule has 33 heavy (non-hydrogen) atoms. The molecule has 0 spiro atoms. The maximum Gasteiger partial charge on any atom is 0.365 e. The van der Waals surface area contributed by atoms with Crippen LogP contribution in [0.3, 0.4) is 0 Å². The normalized spacial score (nSPS) is 17.9. The summed E-state index contributed by atoms with van der Waals surface area (Å²) in [6.07, 6.45) is 6.86. The van der Waals surface area contributed by atoms with Crippen molar-refractivity contribution < 1.29 is 39.4 Å². The average Bonchev–Trinajstić information content (AvgIpc) is 2.79. The number of ether oxygens (including phenoxy) is 4. The molecule has 1 aromatic heterocycles. The van der Waals surface area contributed by atoms with Crippen molar-refractivity contribution in [2.45, 2.75) is 11.9 Å². The van der Waals surface area contributed by atoms with Crippen LogP contribution in [-0.4, -0.2) is 68.8 Å². The molecule has 3 aromatic rings. The summed E-state index contributed by atoms with van der Waals surface area (Å²) < 4.78 is 20.7. The van der Waals surface area contributed by atoms with Gasteiger partial charge >= 0.3 is 11.9 Å². The summed E-state index contributed by atoms with van der Waals surface area (Å²) in [4.78, 5) is 8.58. The van der Waals surface area contributed by atoms with E-state index in [9.17, 15) is 20.4 Å². The van der Waals surface area contributed by atoms with Crippen molar-refractivity contribution in [2.24, 2.45) is 0 Å². The van der Waals surface area contributed by atoms with E-state index in [1.807, 2.05) is 18.2 Å². The summed E-state index contributed by atoms with van der Waals surface area (Å²) in [6, 6.07) is 10.6. The van der Waals surface area contributed by atoms with Crippen LogP contribution in [0.25, 0.3) is 10.9 Å². The number of terminal acetylenes is 1. The maximum absolute atomic E-state index is 9.71. The quantitative estimate of drug-likeness (QED) is 0.270. The van der Waals surface area contributed by atoms with Crippen molar-refractivity contribution in [3.05, 3.63) is 48.3 Å². The van der Waals surface area contributed by atoms with Gasteiger partial charge in [0.1, 0.15) is 25.4 Å². The first-order valence-electron chi connectivity index (χ1n) is 9.84. The lowest BCUT2D eigenvalue weighted by Crippen LogP contribution is -2.58. The molecular formula is C22H21N3O8. The van der Waals surface area contributed by atoms with Crippen molar-refractivity contribution in [2.75, 3.05) is 31.7 Å². The molecule has 1 aliphatic rings. The zero-order chi connectivity index (χ0) is 23.5. The molecule has 0 saturated carbocycles. The summed E-state index contributed by atoms with van der Waals surface area (Å²) in [5.74, 6) is -3.05. The summed E-state index contributed by atoms with van der Waals surface area (Å²) in [6.45, 7) is -1.16. The number of hydrogen-bond acceptors (Lipinski definition) is 11. The Kier molecular flexibility index (Phi) is 6.30. The molecule has 11 heteroatoms. The van der Waals surface area contributed by atoms with E-state index in [-0.39, 0.29) is 13.2 Å². The molecule has 11 nitrogen and oxygen atoms in total. The number of aliphatic hydroxyl groups is 4. The first-order valence-corrected chi connectivity index (χ1v) is 9.84. The number of anilines is 2. The van der Waals surface area contributed by atoms with Crippen molar-refractivity contribution in [3.63, 3.8) is 0 Å². The van der Waals surface area contributed by atoms with Crippen LogP contribution in [0.4, 0.5) is 11.5 Å². The lowest BCUT2D eigenvalue weighted by Gasteiger charge is -2.33. The van der Waals surface area contributed by atoms with Crippen LogP contribution in [0.2, 0.25) is 0 Å². The van der Waals surface area contributed by atoms with Gasteiger partial charge in [-0.3, -0.25) is 0 Å². The summed E-state index contributed by atoms with van der Waals surface area (Å²) in [5.41, 5.74) is 2.00. The Labute approximate surface area is 188 Å². The van der Waals surface area contributed by atoms with Gasteiger partial charge in [0.2, 0.25) is 0 Å². The van der Waals surface area contributed by atoms with Gasteiger partial charge in [0.25, 0.3) is 0 Å². The molecule has 0 amide bonds. The molecule has 2 aromatic carbocycles. The molecule has 1 aliphatic heterocycles. The highest BCUT2D eigenvalue weighted by Gasteiger charge is 2.51. The van der Waals surface area contributed by atoms with Gasteiger partial charge in [0.15, 0.2) is 11.5 Å². The fourth-order valence-corrected chi connectivity index (χ4v) is 3.07. The van der Waals surface area contributed by atoms with Crippen LogP contribution >= 0.6 is 0 Å². The third-order valence-corrected chi connectivity index (χ3v) is 4.71. The van der Waals surface area contributed by atoms with E-state index in [1.165, 1.54) is 6.33 Å². The third kappa shape index (κ3) is 4.96. The van der Waals surface area contributed by atoms with E-state index in [0.717, 1.165) is 5.69 Å². The number of aromatic nitrogens is 2. The highest BCUT2D eigenvalue weighted by atomic mass is 16.9. The smallest absolute Gasteiger partial charge is 0.365 e. The monoisotopic (exact) mass is 455 g/mol. The number of nitrogens with zero attached hydrogens (tertiary/aromatic N) is 2. The van der Waals surface area contributed by atoms with E-state index in [1.54, 1.807) is 18.2 Å². The Hall–Kier alpha value is -3.50. The van der Waals surface area contributed by atoms with Gasteiger partial charge in [-0.15, -0.1) is 6.42 Å². The lowest BCUT2D eigenvalue weighted by molar-refractivity contribution is -0.530. The minimum atomic E-state index is -3.38. The molecule has 0 bridgehead atoms. The number of hydrogen-bond donors (Lipinski definition) is 5. The van der Waals surface area contributed by atoms with Crippen LogP contribution in [0.5, 0.6) is 11.5 Å². The second-order valence-electron chi connectivity index (χ2n) is 7.00. The molecule has 2 heterocycles. The van der Waals surface area contributed by atoms with Crippen LogP contribution < -0.4 is 14.8 Å². The van der Waals surface area contributed by atoms with Crippen molar-refractivity contribution >= 4 is 22.4 Å². The van der Waals surface area contributed by atoms with E-state index < -0.39 is 25.2 Å².